The van der Waals surface area contributed by atoms with Crippen LogP contribution in [0.15, 0.2) is 48.8 Å². The first-order valence-corrected chi connectivity index (χ1v) is 9.73. The van der Waals surface area contributed by atoms with Gasteiger partial charge in [-0.15, -0.1) is 0 Å². The van der Waals surface area contributed by atoms with Crippen molar-refractivity contribution in [3.05, 3.63) is 60.0 Å². The fraction of sp³-hybridized carbons (Fsp3) is 0.364. The predicted molar refractivity (Wildman–Crippen MR) is 106 cm³/mol. The Morgan fingerprint density at radius 3 is 2.77 bits per heavy atom. The van der Waals surface area contributed by atoms with E-state index in [2.05, 4.69) is 37.9 Å². The molecule has 158 valence electrons. The summed E-state index contributed by atoms with van der Waals surface area (Å²) in [5.74, 6) is 0.0921. The molecule has 8 heteroatoms. The zero-order chi connectivity index (χ0) is 21.5. The summed E-state index contributed by atoms with van der Waals surface area (Å²) in [6, 6.07) is 10.8. The first-order valence-electron chi connectivity index (χ1n) is 9.73. The average molecular weight is 417 g/mol. The summed E-state index contributed by atoms with van der Waals surface area (Å²) in [5.41, 5.74) is 2.89. The van der Waals surface area contributed by atoms with Crippen molar-refractivity contribution >= 4 is 16.8 Å². The summed E-state index contributed by atoms with van der Waals surface area (Å²) in [4.78, 5) is 16.8. The Labute approximate surface area is 171 Å². The molecule has 0 spiro atoms. The number of ether oxygens (including phenoxy) is 1. The molecule has 0 bridgehead atoms. The highest BCUT2D eigenvalue weighted by Gasteiger charge is 2.45. The van der Waals surface area contributed by atoms with E-state index in [0.29, 0.717) is 5.69 Å². The molecule has 0 radical (unpaired) electrons. The van der Waals surface area contributed by atoms with Gasteiger partial charge in [0.2, 0.25) is 5.91 Å². The predicted octanol–water partition coefficient (Wildman–Crippen LogP) is 4.50. The van der Waals surface area contributed by atoms with Crippen molar-refractivity contribution in [3.63, 3.8) is 0 Å². The first kappa shape index (κ1) is 20.3. The summed E-state index contributed by atoms with van der Waals surface area (Å²) in [7, 11) is 2.00. The third-order valence-corrected chi connectivity index (χ3v) is 5.42. The molecule has 5 nitrogen and oxygen atoms in total. The van der Waals surface area contributed by atoms with Crippen LogP contribution < -0.4 is 10.1 Å². The van der Waals surface area contributed by atoms with E-state index in [1.165, 1.54) is 23.2 Å². The van der Waals surface area contributed by atoms with Gasteiger partial charge in [-0.1, -0.05) is 18.2 Å². The van der Waals surface area contributed by atoms with Crippen LogP contribution in [-0.4, -0.2) is 28.2 Å². The van der Waals surface area contributed by atoms with E-state index in [-0.39, 0.29) is 29.5 Å². The normalized spacial score (nSPS) is 19.5. The molecule has 4 rings (SSSR count). The lowest BCUT2D eigenvalue weighted by atomic mass is 10.1. The number of aryl methyl sites for hydroxylation is 1. The van der Waals surface area contributed by atoms with Crippen LogP contribution >= 0.6 is 0 Å². The highest BCUT2D eigenvalue weighted by molar-refractivity contribution is 5.89. The summed E-state index contributed by atoms with van der Waals surface area (Å²) < 4.78 is 43.4. The summed E-state index contributed by atoms with van der Waals surface area (Å²) in [5, 5.41) is 4.13. The molecular formula is C22H22F3N3O2. The molecule has 2 aromatic heterocycles. The van der Waals surface area contributed by atoms with Gasteiger partial charge in [-0.3, -0.25) is 9.78 Å². The van der Waals surface area contributed by atoms with E-state index >= 15 is 0 Å². The van der Waals surface area contributed by atoms with Crippen LogP contribution in [0.3, 0.4) is 0 Å². The number of halogens is 3. The number of benzene rings is 1. The molecule has 1 aromatic carbocycles. The quantitative estimate of drug-likeness (QED) is 0.643. The molecule has 1 fully saturated rings. The number of nitrogens with zero attached hydrogens (tertiary/aromatic N) is 2. The van der Waals surface area contributed by atoms with E-state index in [1.807, 2.05) is 19.2 Å². The lowest BCUT2D eigenvalue weighted by Gasteiger charge is -2.14. The minimum Gasteiger partial charge on any atom is -0.483 e. The fourth-order valence-electron chi connectivity index (χ4n) is 3.79. The van der Waals surface area contributed by atoms with Gasteiger partial charge in [-0.05, 0) is 43.0 Å². The molecule has 1 amide bonds. The third-order valence-electron chi connectivity index (χ3n) is 5.42. The third kappa shape index (κ3) is 4.27. The van der Waals surface area contributed by atoms with Gasteiger partial charge < -0.3 is 14.6 Å². The van der Waals surface area contributed by atoms with Crippen molar-refractivity contribution in [2.75, 3.05) is 6.61 Å². The molecule has 2 heterocycles. The molecule has 1 aliphatic carbocycles. The number of alkyl halides is 3. The zero-order valence-electron chi connectivity index (χ0n) is 16.6. The molecule has 1 N–H and O–H groups in total. The second-order valence-electron chi connectivity index (χ2n) is 7.71. The number of amides is 1. The van der Waals surface area contributed by atoms with E-state index in [9.17, 15) is 18.0 Å². The molecule has 0 aliphatic heterocycles. The van der Waals surface area contributed by atoms with Crippen LogP contribution in [0.1, 0.15) is 36.6 Å². The Morgan fingerprint density at radius 1 is 1.30 bits per heavy atom. The molecule has 0 unspecified atom stereocenters. The maximum absolute atomic E-state index is 12.7. The SMILES string of the molecule is C[C@@H](NC(=O)[C@@H]1C[C@H]1c1cn(C)c2ccccc12)c1ccc(OCC(F)(F)F)cn1. The van der Waals surface area contributed by atoms with Crippen LogP contribution in [0.5, 0.6) is 5.75 Å². The first-order chi connectivity index (χ1) is 14.2. The second-order valence-corrected chi connectivity index (χ2v) is 7.71. The van der Waals surface area contributed by atoms with Gasteiger partial charge in [-0.25, -0.2) is 0 Å². The lowest BCUT2D eigenvalue weighted by molar-refractivity contribution is -0.153. The summed E-state index contributed by atoms with van der Waals surface area (Å²) >= 11 is 0. The Balaban J connectivity index is 1.36. The molecule has 3 aromatic rings. The van der Waals surface area contributed by atoms with E-state index in [4.69, 9.17) is 0 Å². The lowest BCUT2D eigenvalue weighted by Crippen LogP contribution is -2.29. The van der Waals surface area contributed by atoms with Gasteiger partial charge in [0.15, 0.2) is 6.61 Å². The van der Waals surface area contributed by atoms with Gasteiger partial charge in [0, 0.05) is 30.1 Å². The number of nitrogens with one attached hydrogen (secondary N) is 1. The molecule has 30 heavy (non-hydrogen) atoms. The molecular weight excluding hydrogens is 395 g/mol. The van der Waals surface area contributed by atoms with Gasteiger partial charge in [0.25, 0.3) is 0 Å². The van der Waals surface area contributed by atoms with Crippen molar-refractivity contribution in [2.45, 2.75) is 31.5 Å². The number of hydrogen-bond acceptors (Lipinski definition) is 3. The Kier molecular flexibility index (Phi) is 5.17. The minimum atomic E-state index is -4.40. The number of carbonyl (C=O) groups excluding carboxylic acids is 1. The monoisotopic (exact) mass is 417 g/mol. The number of aromatic nitrogens is 2. The molecule has 1 aliphatic rings. The van der Waals surface area contributed by atoms with Crippen molar-refractivity contribution in [1.82, 2.24) is 14.9 Å². The molecule has 0 saturated heterocycles. The van der Waals surface area contributed by atoms with Crippen molar-refractivity contribution in [3.8, 4) is 5.75 Å². The molecule has 3 atom stereocenters. The molecule has 1 saturated carbocycles. The number of carbonyl (C=O) groups is 1. The van der Waals surface area contributed by atoms with Gasteiger partial charge in [-0.2, -0.15) is 13.2 Å². The van der Waals surface area contributed by atoms with Crippen molar-refractivity contribution in [1.29, 1.82) is 0 Å². The van der Waals surface area contributed by atoms with Crippen LogP contribution in [0.25, 0.3) is 10.9 Å². The number of hydrogen-bond donors (Lipinski definition) is 1. The van der Waals surface area contributed by atoms with Crippen molar-refractivity contribution < 1.29 is 22.7 Å². The second kappa shape index (κ2) is 7.66. The largest absolute Gasteiger partial charge is 0.483 e. The van der Waals surface area contributed by atoms with Gasteiger partial charge in [0.05, 0.1) is 17.9 Å². The van der Waals surface area contributed by atoms with Gasteiger partial charge >= 0.3 is 6.18 Å². The van der Waals surface area contributed by atoms with Gasteiger partial charge in [0.1, 0.15) is 5.75 Å². The standard InChI is InChI=1S/C22H22F3N3O2/c1-13(19-8-7-14(10-26-19)30-12-22(23,24)25)27-21(29)17-9-16(17)18-11-28(2)20-6-4-3-5-15(18)20/h3-8,10-11,13,16-17H,9,12H2,1-2H3,(H,27,29)/t13-,16-,17-/m1/s1. The van der Waals surface area contributed by atoms with Crippen LogP contribution in [0.2, 0.25) is 0 Å². The number of fused-ring (bicyclic) bond motifs is 1. The summed E-state index contributed by atoms with van der Waals surface area (Å²) in [6.45, 7) is 0.434. The number of pyridine rings is 1. The average Bonchev–Trinajstić information content (AvgIpc) is 3.44. The van der Waals surface area contributed by atoms with Crippen LogP contribution in [0, 0.1) is 5.92 Å². The maximum atomic E-state index is 12.7. The Morgan fingerprint density at radius 2 is 2.07 bits per heavy atom. The Hall–Kier alpha value is -3.03. The fourth-order valence-corrected chi connectivity index (χ4v) is 3.79. The van der Waals surface area contributed by atoms with E-state index in [1.54, 1.807) is 13.0 Å². The van der Waals surface area contributed by atoms with Crippen LogP contribution in [0.4, 0.5) is 13.2 Å². The smallest absolute Gasteiger partial charge is 0.422 e. The highest BCUT2D eigenvalue weighted by Crippen LogP contribution is 2.50. The minimum absolute atomic E-state index is 0.0350. The van der Waals surface area contributed by atoms with E-state index in [0.717, 1.165) is 11.9 Å². The van der Waals surface area contributed by atoms with Crippen LogP contribution in [-0.2, 0) is 11.8 Å². The van der Waals surface area contributed by atoms with E-state index < -0.39 is 12.8 Å². The topological polar surface area (TPSA) is 56.2 Å². The highest BCUT2D eigenvalue weighted by atomic mass is 19.4. The Bertz CT molecular complexity index is 1060. The summed E-state index contributed by atoms with van der Waals surface area (Å²) in [6.07, 6.45) is -0.276. The van der Waals surface area contributed by atoms with Crippen molar-refractivity contribution in [2.24, 2.45) is 13.0 Å². The number of rotatable bonds is 6. The number of para-hydroxylation sites is 1. The zero-order valence-corrected chi connectivity index (χ0v) is 16.6. The maximum Gasteiger partial charge on any atom is 0.422 e.